The van der Waals surface area contributed by atoms with Crippen LogP contribution in [-0.2, 0) is 7.05 Å². The molecule has 26 heavy (non-hydrogen) atoms. The van der Waals surface area contributed by atoms with Gasteiger partial charge in [0, 0.05) is 25.0 Å². The van der Waals surface area contributed by atoms with E-state index in [1.165, 1.54) is 0 Å². The number of para-hydroxylation sites is 1. The topological polar surface area (TPSA) is 51.1 Å². The highest BCUT2D eigenvalue weighted by Gasteiger charge is 2.17. The third-order valence-electron chi connectivity index (χ3n) is 4.83. The summed E-state index contributed by atoms with van der Waals surface area (Å²) in [4.78, 5) is 25.5. The number of hydrogen-bond donors (Lipinski definition) is 1. The van der Waals surface area contributed by atoms with E-state index < -0.39 is 0 Å². The lowest BCUT2D eigenvalue weighted by Gasteiger charge is -2.14. The first kappa shape index (κ1) is 16.1. The van der Waals surface area contributed by atoms with E-state index in [2.05, 4.69) is 5.32 Å². The van der Waals surface area contributed by atoms with Crippen molar-refractivity contribution in [2.24, 2.45) is 7.05 Å². The number of aromatic nitrogens is 1. The molecule has 0 atom stereocenters. The van der Waals surface area contributed by atoms with Gasteiger partial charge < -0.3 is 9.88 Å². The quantitative estimate of drug-likeness (QED) is 0.565. The Morgan fingerprint density at radius 1 is 0.846 bits per heavy atom. The minimum atomic E-state index is -0.171. The summed E-state index contributed by atoms with van der Waals surface area (Å²) in [6.45, 7) is 0. The van der Waals surface area contributed by atoms with E-state index >= 15 is 0 Å². The number of nitrogens with one attached hydrogen (secondary N) is 1. The summed E-state index contributed by atoms with van der Waals surface area (Å²) in [6.07, 6.45) is 0. The molecule has 0 aliphatic rings. The Morgan fingerprint density at radius 2 is 1.50 bits per heavy atom. The third-order valence-corrected chi connectivity index (χ3v) is 4.83. The van der Waals surface area contributed by atoms with Crippen molar-refractivity contribution in [2.45, 2.75) is 0 Å². The smallest absolute Gasteiger partial charge is 0.259 e. The Balaban J connectivity index is 2.18. The van der Waals surface area contributed by atoms with E-state index in [0.717, 1.165) is 27.4 Å². The Labute approximate surface area is 150 Å². The van der Waals surface area contributed by atoms with Crippen LogP contribution < -0.4 is 10.9 Å². The maximum absolute atomic E-state index is 13.1. The fourth-order valence-corrected chi connectivity index (χ4v) is 3.55. The molecule has 0 fully saturated rings. The van der Waals surface area contributed by atoms with Crippen LogP contribution >= 0.6 is 0 Å². The zero-order valence-electron chi connectivity index (χ0n) is 14.6. The Bertz CT molecular complexity index is 1220. The molecule has 0 spiro atoms. The van der Waals surface area contributed by atoms with E-state index in [-0.39, 0.29) is 11.5 Å². The zero-order chi connectivity index (χ0) is 18.3. The SMILES string of the molecule is CNC(=O)c1ccccc1-c1cccc2c1c(=O)n(C)c1ccccc21. The maximum Gasteiger partial charge on any atom is 0.259 e. The first-order valence-electron chi connectivity index (χ1n) is 8.45. The van der Waals surface area contributed by atoms with Gasteiger partial charge in [-0.05, 0) is 28.6 Å². The van der Waals surface area contributed by atoms with Gasteiger partial charge in [-0.2, -0.15) is 0 Å². The van der Waals surface area contributed by atoms with Crippen LogP contribution in [0.4, 0.5) is 0 Å². The number of rotatable bonds is 2. The second-order valence-electron chi connectivity index (χ2n) is 6.23. The average Bonchev–Trinajstić information content (AvgIpc) is 2.71. The normalized spacial score (nSPS) is 11.0. The van der Waals surface area contributed by atoms with Crippen molar-refractivity contribution in [1.82, 2.24) is 9.88 Å². The lowest BCUT2D eigenvalue weighted by atomic mass is 9.93. The van der Waals surface area contributed by atoms with Crippen molar-refractivity contribution < 1.29 is 4.79 Å². The number of carbonyl (C=O) groups is 1. The highest BCUT2D eigenvalue weighted by Crippen LogP contribution is 2.32. The van der Waals surface area contributed by atoms with Crippen LogP contribution in [0.25, 0.3) is 32.8 Å². The lowest BCUT2D eigenvalue weighted by Crippen LogP contribution is -2.20. The van der Waals surface area contributed by atoms with E-state index in [4.69, 9.17) is 0 Å². The number of benzene rings is 3. The second-order valence-corrected chi connectivity index (χ2v) is 6.23. The summed E-state index contributed by atoms with van der Waals surface area (Å²) in [6, 6.07) is 21.0. The maximum atomic E-state index is 13.1. The molecule has 4 rings (SSSR count). The van der Waals surface area contributed by atoms with Crippen molar-refractivity contribution >= 4 is 27.6 Å². The third kappa shape index (κ3) is 2.30. The minimum absolute atomic E-state index is 0.0685. The molecule has 4 aromatic rings. The number of amides is 1. The summed E-state index contributed by atoms with van der Waals surface area (Å²) in [5.74, 6) is -0.171. The molecule has 128 valence electrons. The highest BCUT2D eigenvalue weighted by molar-refractivity contribution is 6.12. The van der Waals surface area contributed by atoms with Gasteiger partial charge in [0.25, 0.3) is 11.5 Å². The van der Waals surface area contributed by atoms with Crippen LogP contribution in [0.1, 0.15) is 10.4 Å². The molecule has 1 aromatic heterocycles. The van der Waals surface area contributed by atoms with Crippen molar-refractivity contribution in [2.75, 3.05) is 7.05 Å². The molecule has 0 aliphatic carbocycles. The summed E-state index contributed by atoms with van der Waals surface area (Å²) < 4.78 is 1.67. The van der Waals surface area contributed by atoms with Gasteiger partial charge in [-0.3, -0.25) is 9.59 Å². The van der Waals surface area contributed by atoms with Gasteiger partial charge in [-0.25, -0.2) is 0 Å². The zero-order valence-corrected chi connectivity index (χ0v) is 14.6. The fraction of sp³-hybridized carbons (Fsp3) is 0.0909. The van der Waals surface area contributed by atoms with Crippen LogP contribution in [0, 0.1) is 0 Å². The van der Waals surface area contributed by atoms with Gasteiger partial charge in [0.05, 0.1) is 10.9 Å². The molecule has 0 bridgehead atoms. The van der Waals surface area contributed by atoms with Crippen LogP contribution in [0.5, 0.6) is 0 Å². The molecule has 1 heterocycles. The summed E-state index contributed by atoms with van der Waals surface area (Å²) in [5, 5.41) is 5.22. The van der Waals surface area contributed by atoms with Gasteiger partial charge >= 0.3 is 0 Å². The monoisotopic (exact) mass is 342 g/mol. The standard InChI is InChI=1S/C22H18N2O2/c1-23-21(25)18-10-4-3-8-14(18)16-11-7-12-17-15-9-5-6-13-19(15)24(2)22(26)20(16)17/h3-13H,1-2H3,(H,23,25). The van der Waals surface area contributed by atoms with E-state index in [9.17, 15) is 9.59 Å². The number of carbonyl (C=O) groups excluding carboxylic acids is 1. The van der Waals surface area contributed by atoms with E-state index in [1.807, 2.05) is 60.7 Å². The fourth-order valence-electron chi connectivity index (χ4n) is 3.55. The first-order chi connectivity index (χ1) is 12.6. The molecular formula is C22H18N2O2. The molecule has 4 heteroatoms. The Hall–Kier alpha value is -3.40. The van der Waals surface area contributed by atoms with E-state index in [0.29, 0.717) is 10.9 Å². The molecule has 4 nitrogen and oxygen atoms in total. The lowest BCUT2D eigenvalue weighted by molar-refractivity contribution is 0.0963. The predicted molar refractivity (Wildman–Crippen MR) is 106 cm³/mol. The Kier molecular flexibility index (Phi) is 3.81. The molecule has 1 amide bonds. The van der Waals surface area contributed by atoms with Gasteiger partial charge in [-0.15, -0.1) is 0 Å². The molecule has 0 radical (unpaired) electrons. The van der Waals surface area contributed by atoms with Crippen LogP contribution in [0.15, 0.2) is 71.5 Å². The van der Waals surface area contributed by atoms with Gasteiger partial charge in [0.1, 0.15) is 0 Å². The Morgan fingerprint density at radius 3 is 2.31 bits per heavy atom. The highest BCUT2D eigenvalue weighted by atomic mass is 16.1. The van der Waals surface area contributed by atoms with Gasteiger partial charge in [-0.1, -0.05) is 54.6 Å². The van der Waals surface area contributed by atoms with Crippen molar-refractivity contribution in [3.05, 3.63) is 82.6 Å². The number of hydrogen-bond acceptors (Lipinski definition) is 2. The molecule has 1 N–H and O–H groups in total. The van der Waals surface area contributed by atoms with E-state index in [1.54, 1.807) is 24.7 Å². The van der Waals surface area contributed by atoms with Crippen molar-refractivity contribution in [3.8, 4) is 11.1 Å². The van der Waals surface area contributed by atoms with Gasteiger partial charge in [0.2, 0.25) is 0 Å². The second kappa shape index (κ2) is 6.15. The summed E-state index contributed by atoms with van der Waals surface area (Å²) >= 11 is 0. The number of aryl methyl sites for hydroxylation is 1. The molecule has 0 saturated heterocycles. The van der Waals surface area contributed by atoms with Crippen LogP contribution in [-0.4, -0.2) is 17.5 Å². The van der Waals surface area contributed by atoms with Crippen molar-refractivity contribution in [1.29, 1.82) is 0 Å². The molecular weight excluding hydrogens is 324 g/mol. The van der Waals surface area contributed by atoms with Crippen molar-refractivity contribution in [3.63, 3.8) is 0 Å². The van der Waals surface area contributed by atoms with Crippen LogP contribution in [0.3, 0.4) is 0 Å². The summed E-state index contributed by atoms with van der Waals surface area (Å²) in [7, 11) is 3.39. The molecule has 0 saturated carbocycles. The number of fused-ring (bicyclic) bond motifs is 3. The first-order valence-corrected chi connectivity index (χ1v) is 8.45. The number of nitrogens with zero attached hydrogens (tertiary/aromatic N) is 1. The predicted octanol–water partition coefficient (Wildman–Crippen LogP) is 3.72. The van der Waals surface area contributed by atoms with Crippen LogP contribution in [0.2, 0.25) is 0 Å². The number of pyridine rings is 1. The summed E-state index contributed by atoms with van der Waals surface area (Å²) in [5.41, 5.74) is 2.90. The largest absolute Gasteiger partial charge is 0.355 e. The molecule has 3 aromatic carbocycles. The minimum Gasteiger partial charge on any atom is -0.355 e. The average molecular weight is 342 g/mol. The molecule has 0 unspecified atom stereocenters. The molecule has 0 aliphatic heterocycles. The van der Waals surface area contributed by atoms with Gasteiger partial charge in [0.15, 0.2) is 0 Å².